The van der Waals surface area contributed by atoms with E-state index in [1.165, 1.54) is 61.1 Å². The Kier molecular flexibility index (Phi) is 7.40. The number of pyridine rings is 1. The molecule has 220 valence electrons. The molecular weight excluding hydrogens is 575 g/mol. The zero-order valence-corrected chi connectivity index (χ0v) is 23.1. The van der Waals surface area contributed by atoms with Crippen molar-refractivity contribution in [3.63, 3.8) is 0 Å². The number of methoxy groups -OCH3 is 1. The first-order valence-electron chi connectivity index (χ1n) is 13.3. The molecule has 2 aromatic carbocycles. The fraction of sp³-hybridized carbons (Fsp3) is 0.161. The van der Waals surface area contributed by atoms with Gasteiger partial charge in [0.25, 0.3) is 5.91 Å². The molecule has 5 aromatic rings. The maximum Gasteiger partial charge on any atom is 0.318 e. The second-order valence-electron chi connectivity index (χ2n) is 9.78. The highest BCUT2D eigenvalue weighted by Crippen LogP contribution is 2.38. The number of rotatable bonds is 5. The Bertz CT molecular complexity index is 2010. The van der Waals surface area contributed by atoms with Crippen LogP contribution in [-0.2, 0) is 4.79 Å². The highest BCUT2D eigenvalue weighted by molar-refractivity contribution is 6.03. The number of phenolic OH excluding ortho intramolecular Hbond substituents is 1. The van der Waals surface area contributed by atoms with Crippen LogP contribution in [0, 0.1) is 24.0 Å². The van der Waals surface area contributed by atoms with Gasteiger partial charge in [-0.3, -0.25) is 19.7 Å². The average molecular weight is 598 g/mol. The largest absolute Gasteiger partial charge is 0.508 e. The molecule has 1 saturated heterocycles. The Hall–Kier alpha value is -5.77. The lowest BCUT2D eigenvalue weighted by Gasteiger charge is -2.35. The second-order valence-corrected chi connectivity index (χ2v) is 9.78. The number of piperazine rings is 1. The Morgan fingerprint density at radius 2 is 1.89 bits per heavy atom. The number of aromatic nitrogens is 5. The van der Waals surface area contributed by atoms with Crippen LogP contribution >= 0.6 is 0 Å². The molecule has 0 aliphatic carbocycles. The quantitative estimate of drug-likeness (QED) is 0.234. The minimum atomic E-state index is -0.973. The van der Waals surface area contributed by atoms with Crippen LogP contribution in [0.15, 0.2) is 54.9 Å². The van der Waals surface area contributed by atoms with Gasteiger partial charge in [0.05, 0.1) is 30.0 Å². The molecule has 6 rings (SSSR count). The van der Waals surface area contributed by atoms with Gasteiger partial charge in [-0.2, -0.15) is 9.97 Å². The van der Waals surface area contributed by atoms with Gasteiger partial charge in [-0.05, 0) is 23.6 Å². The topological polar surface area (TPSA) is 117 Å². The summed E-state index contributed by atoms with van der Waals surface area (Å²) < 4.78 is 50.8. The average Bonchev–Trinajstić information content (AvgIpc) is 3.04. The molecule has 0 radical (unpaired) electrons. The zero-order chi connectivity index (χ0) is 31.0. The highest BCUT2D eigenvalue weighted by Gasteiger charge is 2.28. The van der Waals surface area contributed by atoms with E-state index >= 15 is 4.39 Å². The summed E-state index contributed by atoms with van der Waals surface area (Å²) in [5.41, 5.74) is -0.161. The first-order chi connectivity index (χ1) is 21.3. The van der Waals surface area contributed by atoms with E-state index in [9.17, 15) is 18.7 Å². The summed E-state index contributed by atoms with van der Waals surface area (Å²) in [6.45, 7) is 0.783. The number of carbonyl (C=O) groups excluding carboxylic acids is 1. The maximum atomic E-state index is 16.3. The van der Waals surface area contributed by atoms with E-state index in [1.54, 1.807) is 4.90 Å². The zero-order valence-electron chi connectivity index (χ0n) is 23.1. The number of nitrogens with zero attached hydrogens (tertiary/aromatic N) is 7. The molecule has 0 spiro atoms. The Morgan fingerprint density at radius 1 is 1.09 bits per heavy atom. The molecule has 0 bridgehead atoms. The van der Waals surface area contributed by atoms with Gasteiger partial charge < -0.3 is 19.6 Å². The third-order valence-corrected chi connectivity index (χ3v) is 7.21. The van der Waals surface area contributed by atoms with E-state index in [2.05, 4.69) is 30.8 Å². The standard InChI is InChI=1S/C31H22F3N7O3/c1-3-20-23(32)5-4-17-12-19(42)14-21(25(17)20)27-26(34)28-22(16-37-27)29(39-31(38-28)44-2)40-8-10-41(11-9-40)30(43)24(33)13-18-15-35-6-7-36-18/h1,4-7,12-16,42H,8-11H2,2H3/b24-13-. The maximum absolute atomic E-state index is 16.3. The summed E-state index contributed by atoms with van der Waals surface area (Å²) in [5.74, 6) is -0.906. The Morgan fingerprint density at radius 3 is 2.59 bits per heavy atom. The second kappa shape index (κ2) is 11.5. The van der Waals surface area contributed by atoms with Crippen LogP contribution in [0.4, 0.5) is 19.0 Å². The number of phenols is 1. The molecule has 1 N–H and O–H groups in total. The number of hydrogen-bond donors (Lipinski definition) is 1. The van der Waals surface area contributed by atoms with Crippen LogP contribution < -0.4 is 9.64 Å². The number of aromatic hydroxyl groups is 1. The van der Waals surface area contributed by atoms with Crippen molar-refractivity contribution >= 4 is 39.5 Å². The summed E-state index contributed by atoms with van der Waals surface area (Å²) in [7, 11) is 1.33. The summed E-state index contributed by atoms with van der Waals surface area (Å²) in [4.78, 5) is 36.6. The predicted octanol–water partition coefficient (Wildman–Crippen LogP) is 4.27. The van der Waals surface area contributed by atoms with E-state index in [1.807, 2.05) is 0 Å². The number of halogens is 3. The Balaban J connectivity index is 1.36. The molecule has 44 heavy (non-hydrogen) atoms. The predicted molar refractivity (Wildman–Crippen MR) is 156 cm³/mol. The van der Waals surface area contributed by atoms with E-state index in [4.69, 9.17) is 11.2 Å². The van der Waals surface area contributed by atoms with Crippen LogP contribution in [0.25, 0.3) is 39.0 Å². The van der Waals surface area contributed by atoms with Gasteiger partial charge in [0, 0.05) is 61.8 Å². The van der Waals surface area contributed by atoms with E-state index in [0.29, 0.717) is 11.2 Å². The third kappa shape index (κ3) is 5.06. The van der Waals surface area contributed by atoms with E-state index in [-0.39, 0.29) is 76.7 Å². The Labute approximate surface area is 248 Å². The highest BCUT2D eigenvalue weighted by atomic mass is 19.1. The molecule has 10 nitrogen and oxygen atoms in total. The molecule has 0 saturated carbocycles. The number of amides is 1. The fourth-order valence-corrected chi connectivity index (χ4v) is 5.14. The molecule has 1 fully saturated rings. The molecular formula is C31H22F3N7O3. The normalized spacial score (nSPS) is 13.8. The molecule has 0 unspecified atom stereocenters. The van der Waals surface area contributed by atoms with Crippen molar-refractivity contribution in [2.24, 2.45) is 0 Å². The lowest BCUT2D eigenvalue weighted by molar-refractivity contribution is -0.128. The molecule has 1 amide bonds. The van der Waals surface area contributed by atoms with Crippen molar-refractivity contribution in [2.75, 3.05) is 38.2 Å². The van der Waals surface area contributed by atoms with Crippen molar-refractivity contribution in [2.45, 2.75) is 0 Å². The van der Waals surface area contributed by atoms with Crippen molar-refractivity contribution in [1.29, 1.82) is 0 Å². The number of hydrogen-bond acceptors (Lipinski definition) is 9. The van der Waals surface area contributed by atoms with Gasteiger partial charge in [-0.25, -0.2) is 13.2 Å². The minimum absolute atomic E-state index is 0.0784. The number of benzene rings is 2. The first kappa shape index (κ1) is 28.4. The van der Waals surface area contributed by atoms with Gasteiger partial charge in [-0.15, -0.1) is 6.42 Å². The smallest absolute Gasteiger partial charge is 0.318 e. The number of ether oxygens (including phenoxy) is 1. The minimum Gasteiger partial charge on any atom is -0.508 e. The van der Waals surface area contributed by atoms with Crippen molar-refractivity contribution < 1.29 is 27.8 Å². The van der Waals surface area contributed by atoms with E-state index in [0.717, 1.165) is 6.08 Å². The van der Waals surface area contributed by atoms with E-state index < -0.39 is 23.4 Å². The van der Waals surface area contributed by atoms with Gasteiger partial charge >= 0.3 is 6.01 Å². The lowest BCUT2D eigenvalue weighted by atomic mass is 9.96. The van der Waals surface area contributed by atoms with Crippen LogP contribution in [0.5, 0.6) is 11.8 Å². The summed E-state index contributed by atoms with van der Waals surface area (Å²) in [5, 5.41) is 11.2. The van der Waals surface area contributed by atoms with Crippen LogP contribution in [0.2, 0.25) is 0 Å². The molecule has 0 atom stereocenters. The van der Waals surface area contributed by atoms with Crippen LogP contribution in [0.1, 0.15) is 11.3 Å². The fourth-order valence-electron chi connectivity index (χ4n) is 5.14. The lowest BCUT2D eigenvalue weighted by Crippen LogP contribution is -2.49. The summed E-state index contributed by atoms with van der Waals surface area (Å²) >= 11 is 0. The monoisotopic (exact) mass is 597 g/mol. The third-order valence-electron chi connectivity index (χ3n) is 7.21. The van der Waals surface area contributed by atoms with Crippen LogP contribution in [-0.4, -0.2) is 74.1 Å². The number of terminal acetylenes is 1. The van der Waals surface area contributed by atoms with Crippen molar-refractivity contribution in [3.05, 3.63) is 77.8 Å². The van der Waals surface area contributed by atoms with Crippen molar-refractivity contribution in [3.8, 4) is 35.4 Å². The van der Waals surface area contributed by atoms with Crippen molar-refractivity contribution in [1.82, 2.24) is 29.8 Å². The van der Waals surface area contributed by atoms with Crippen LogP contribution in [0.3, 0.4) is 0 Å². The molecule has 3 aromatic heterocycles. The molecule has 1 aliphatic rings. The molecule has 1 aliphatic heterocycles. The number of carbonyl (C=O) groups is 1. The number of anilines is 1. The first-order valence-corrected chi connectivity index (χ1v) is 13.3. The van der Waals surface area contributed by atoms with Gasteiger partial charge in [-0.1, -0.05) is 12.0 Å². The SMILES string of the molecule is C#Cc1c(F)ccc2cc(O)cc(-c3ncc4c(N5CCN(C(=O)/C(F)=C/c6cnccn6)CC5)nc(OC)nc4c3F)c12. The van der Waals surface area contributed by atoms with Gasteiger partial charge in [0.1, 0.15) is 28.6 Å². The van der Waals surface area contributed by atoms with Gasteiger partial charge in [0.15, 0.2) is 11.6 Å². The molecule has 4 heterocycles. The number of fused-ring (bicyclic) bond motifs is 2. The van der Waals surface area contributed by atoms with Gasteiger partial charge in [0.2, 0.25) is 0 Å². The molecule has 13 heteroatoms. The summed E-state index contributed by atoms with van der Waals surface area (Å²) in [6, 6.07) is 5.12. The summed E-state index contributed by atoms with van der Waals surface area (Å²) in [6.07, 6.45) is 12.1.